The smallest absolute Gasteiger partial charge is 0.257 e. The van der Waals surface area contributed by atoms with Gasteiger partial charge in [-0.15, -0.1) is 0 Å². The third kappa shape index (κ3) is 3.51. The van der Waals surface area contributed by atoms with E-state index < -0.39 is 0 Å². The third-order valence-electron chi connectivity index (χ3n) is 4.58. The minimum Gasteiger partial charge on any atom is -0.321 e. The maximum Gasteiger partial charge on any atom is 0.257 e. The summed E-state index contributed by atoms with van der Waals surface area (Å²) in [5, 5.41) is 5.72. The van der Waals surface area contributed by atoms with Crippen LogP contribution < -0.4 is 5.56 Å². The third-order valence-corrected chi connectivity index (χ3v) is 4.58. The summed E-state index contributed by atoms with van der Waals surface area (Å²) >= 11 is 0. The maximum absolute atomic E-state index is 12.4. The molecule has 2 aromatic heterocycles. The molecule has 0 radical (unpaired) electrons. The number of aromatic nitrogens is 3. The molecule has 0 bridgehead atoms. The number of hydrogen-bond donors (Lipinski definition) is 1. The molecule has 28 heavy (non-hydrogen) atoms. The summed E-state index contributed by atoms with van der Waals surface area (Å²) in [5.41, 5.74) is 2.92. The van der Waals surface area contributed by atoms with Crippen molar-refractivity contribution in [3.63, 3.8) is 0 Å². The summed E-state index contributed by atoms with van der Waals surface area (Å²) in [6.07, 6.45) is 1.61. The highest BCUT2D eigenvalue weighted by atomic mass is 16.1. The van der Waals surface area contributed by atoms with Crippen molar-refractivity contribution in [1.29, 1.82) is 0 Å². The average Bonchev–Trinajstić information content (AvgIpc) is 3.12. The quantitative estimate of drug-likeness (QED) is 0.528. The van der Waals surface area contributed by atoms with E-state index in [1.54, 1.807) is 6.21 Å². The van der Waals surface area contributed by atoms with Crippen LogP contribution in [0.2, 0.25) is 0 Å². The molecule has 0 aliphatic rings. The lowest BCUT2D eigenvalue weighted by Gasteiger charge is -2.14. The van der Waals surface area contributed by atoms with Crippen molar-refractivity contribution in [2.75, 3.05) is 0 Å². The first kappa shape index (κ1) is 17.9. The molecule has 0 fully saturated rings. The van der Waals surface area contributed by atoms with Crippen LogP contribution in [0.25, 0.3) is 16.6 Å². The number of H-pyrrole nitrogens is 1. The zero-order valence-electron chi connectivity index (χ0n) is 16.2. The minimum atomic E-state index is -0.163. The first-order valence-corrected chi connectivity index (χ1v) is 9.24. The summed E-state index contributed by atoms with van der Waals surface area (Å²) in [7, 11) is 0. The molecule has 2 heterocycles. The predicted octanol–water partition coefficient (Wildman–Crippen LogP) is 4.76. The van der Waals surface area contributed by atoms with Crippen molar-refractivity contribution in [2.45, 2.75) is 26.2 Å². The van der Waals surface area contributed by atoms with Gasteiger partial charge in [0.05, 0.1) is 16.9 Å². The second-order valence-electron chi connectivity index (χ2n) is 7.78. The number of hydrogen-bond acceptors (Lipinski definition) is 3. The zero-order valence-corrected chi connectivity index (χ0v) is 16.2. The van der Waals surface area contributed by atoms with Crippen LogP contribution in [0, 0.1) is 0 Å². The Morgan fingerprint density at radius 2 is 1.71 bits per heavy atom. The van der Waals surface area contributed by atoms with Crippen molar-refractivity contribution >= 4 is 22.9 Å². The summed E-state index contributed by atoms with van der Waals surface area (Å²) in [6.45, 7) is 6.35. The Labute approximate surface area is 163 Å². The Kier molecular flexibility index (Phi) is 4.43. The molecule has 4 rings (SSSR count). The van der Waals surface area contributed by atoms with E-state index in [1.807, 2.05) is 71.4 Å². The first-order valence-electron chi connectivity index (χ1n) is 9.24. The van der Waals surface area contributed by atoms with E-state index in [0.717, 1.165) is 22.3 Å². The van der Waals surface area contributed by atoms with Gasteiger partial charge in [-0.3, -0.25) is 4.79 Å². The topological polar surface area (TPSA) is 63.0 Å². The Bertz CT molecular complexity index is 1210. The van der Waals surface area contributed by atoms with Crippen LogP contribution in [-0.2, 0) is 5.41 Å². The standard InChI is InChI=1S/C23H22N4O/c1-23(2,3)20-14-21(27(26-20)18-10-5-4-6-11-18)24-15-17-13-16-9-7-8-12-19(16)25-22(17)28/h4-15H,1-3H3,(H,25,28). The van der Waals surface area contributed by atoms with Gasteiger partial charge >= 0.3 is 0 Å². The largest absolute Gasteiger partial charge is 0.321 e. The highest BCUT2D eigenvalue weighted by Gasteiger charge is 2.20. The van der Waals surface area contributed by atoms with E-state index in [2.05, 4.69) is 30.7 Å². The van der Waals surface area contributed by atoms with Crippen molar-refractivity contribution in [3.05, 3.63) is 88.3 Å². The minimum absolute atomic E-state index is 0.106. The van der Waals surface area contributed by atoms with Gasteiger partial charge in [0, 0.05) is 23.2 Å². The van der Waals surface area contributed by atoms with Crippen LogP contribution in [0.1, 0.15) is 32.0 Å². The molecular weight excluding hydrogens is 348 g/mol. The van der Waals surface area contributed by atoms with E-state index in [-0.39, 0.29) is 11.0 Å². The molecule has 0 unspecified atom stereocenters. The fourth-order valence-electron chi connectivity index (χ4n) is 2.98. The van der Waals surface area contributed by atoms with Crippen LogP contribution in [0.15, 0.2) is 76.5 Å². The second-order valence-corrected chi connectivity index (χ2v) is 7.78. The van der Waals surface area contributed by atoms with Gasteiger partial charge in [0.25, 0.3) is 5.56 Å². The summed E-state index contributed by atoms with van der Waals surface area (Å²) in [6, 6.07) is 21.4. The molecule has 0 spiro atoms. The molecular formula is C23H22N4O. The fraction of sp³-hybridized carbons (Fsp3) is 0.174. The van der Waals surface area contributed by atoms with Crippen molar-refractivity contribution in [2.24, 2.45) is 4.99 Å². The van der Waals surface area contributed by atoms with Gasteiger partial charge in [-0.05, 0) is 29.7 Å². The number of aromatic amines is 1. The number of nitrogens with one attached hydrogen (secondary N) is 1. The van der Waals surface area contributed by atoms with Crippen molar-refractivity contribution in [1.82, 2.24) is 14.8 Å². The average molecular weight is 370 g/mol. The maximum atomic E-state index is 12.4. The van der Waals surface area contributed by atoms with Crippen LogP contribution in [-0.4, -0.2) is 21.0 Å². The number of benzene rings is 2. The summed E-state index contributed by atoms with van der Waals surface area (Å²) < 4.78 is 1.81. The lowest BCUT2D eigenvalue weighted by Crippen LogP contribution is -2.12. The van der Waals surface area contributed by atoms with Gasteiger partial charge in [-0.2, -0.15) is 5.10 Å². The lowest BCUT2D eigenvalue weighted by atomic mass is 9.92. The highest BCUT2D eigenvalue weighted by Crippen LogP contribution is 2.27. The highest BCUT2D eigenvalue weighted by molar-refractivity contribution is 5.88. The Balaban J connectivity index is 1.80. The predicted molar refractivity (Wildman–Crippen MR) is 114 cm³/mol. The monoisotopic (exact) mass is 370 g/mol. The van der Waals surface area contributed by atoms with E-state index in [1.165, 1.54) is 0 Å². The molecule has 0 saturated carbocycles. The SMILES string of the molecule is CC(C)(C)c1cc(N=Cc2cc3ccccc3[nH]c2=O)n(-c2ccccc2)n1. The number of nitrogens with zero attached hydrogens (tertiary/aromatic N) is 3. The molecule has 5 nitrogen and oxygen atoms in total. The number of para-hydroxylation sites is 2. The Morgan fingerprint density at radius 3 is 2.46 bits per heavy atom. The van der Waals surface area contributed by atoms with E-state index >= 15 is 0 Å². The summed E-state index contributed by atoms with van der Waals surface area (Å²) in [4.78, 5) is 19.9. The molecule has 140 valence electrons. The van der Waals surface area contributed by atoms with Gasteiger partial charge in [-0.1, -0.05) is 57.2 Å². The van der Waals surface area contributed by atoms with Crippen LogP contribution in [0.3, 0.4) is 0 Å². The Morgan fingerprint density at radius 1 is 1.00 bits per heavy atom. The molecule has 0 atom stereocenters. The van der Waals surface area contributed by atoms with Crippen LogP contribution in [0.5, 0.6) is 0 Å². The molecule has 0 amide bonds. The number of aliphatic imine (C=N–C) groups is 1. The number of fused-ring (bicyclic) bond motifs is 1. The van der Waals surface area contributed by atoms with Gasteiger partial charge in [0.1, 0.15) is 0 Å². The molecule has 0 aliphatic carbocycles. The molecule has 4 aromatic rings. The summed E-state index contributed by atoms with van der Waals surface area (Å²) in [5.74, 6) is 0.684. The second kappa shape index (κ2) is 6.93. The zero-order chi connectivity index (χ0) is 19.7. The fourth-order valence-corrected chi connectivity index (χ4v) is 2.98. The molecule has 2 aromatic carbocycles. The van der Waals surface area contributed by atoms with Gasteiger partial charge in [0.2, 0.25) is 0 Å². The number of pyridine rings is 1. The molecule has 5 heteroatoms. The molecule has 0 aliphatic heterocycles. The molecule has 0 saturated heterocycles. The van der Waals surface area contributed by atoms with Crippen molar-refractivity contribution < 1.29 is 0 Å². The van der Waals surface area contributed by atoms with Gasteiger partial charge < -0.3 is 4.98 Å². The first-order chi connectivity index (χ1) is 13.4. The van der Waals surface area contributed by atoms with Crippen molar-refractivity contribution in [3.8, 4) is 5.69 Å². The molecule has 1 N–H and O–H groups in total. The lowest BCUT2D eigenvalue weighted by molar-refractivity contribution is 0.560. The van der Waals surface area contributed by atoms with E-state index in [4.69, 9.17) is 5.10 Å². The Hall–Kier alpha value is -3.47. The van der Waals surface area contributed by atoms with Crippen LogP contribution in [0.4, 0.5) is 5.82 Å². The van der Waals surface area contributed by atoms with Gasteiger partial charge in [-0.25, -0.2) is 9.67 Å². The van der Waals surface area contributed by atoms with E-state index in [0.29, 0.717) is 11.4 Å². The van der Waals surface area contributed by atoms with Gasteiger partial charge in [0.15, 0.2) is 5.82 Å². The van der Waals surface area contributed by atoms with Crippen LogP contribution >= 0.6 is 0 Å². The van der Waals surface area contributed by atoms with E-state index in [9.17, 15) is 4.79 Å². The number of rotatable bonds is 3. The normalized spacial score (nSPS) is 12.1.